The van der Waals surface area contributed by atoms with Crippen LogP contribution in [0.3, 0.4) is 0 Å². The first kappa shape index (κ1) is 21.8. The van der Waals surface area contributed by atoms with E-state index in [2.05, 4.69) is 32.7 Å². The fourth-order valence-corrected chi connectivity index (χ4v) is 4.42. The van der Waals surface area contributed by atoms with Gasteiger partial charge >= 0.3 is 0 Å². The highest BCUT2D eigenvalue weighted by molar-refractivity contribution is 5.96. The van der Waals surface area contributed by atoms with Crippen molar-refractivity contribution in [1.29, 1.82) is 5.41 Å². The van der Waals surface area contributed by atoms with Crippen LogP contribution in [0.5, 0.6) is 0 Å². The second kappa shape index (κ2) is 9.48. The minimum Gasteiger partial charge on any atom is -0.377 e. The summed E-state index contributed by atoms with van der Waals surface area (Å²) in [6.07, 6.45) is 7.34. The normalized spacial score (nSPS) is 20.1. The molecule has 0 radical (unpaired) electrons. The summed E-state index contributed by atoms with van der Waals surface area (Å²) < 4.78 is 5.62. The molecule has 174 valence electrons. The summed E-state index contributed by atoms with van der Waals surface area (Å²) in [5.41, 5.74) is 3.48. The molecule has 34 heavy (non-hydrogen) atoms. The topological polar surface area (TPSA) is 119 Å². The van der Waals surface area contributed by atoms with Crippen molar-refractivity contribution in [2.24, 2.45) is 0 Å². The van der Waals surface area contributed by atoms with E-state index in [-0.39, 0.29) is 17.9 Å². The molecule has 1 aromatic carbocycles. The largest absolute Gasteiger partial charge is 0.377 e. The molecule has 0 spiro atoms. The van der Waals surface area contributed by atoms with E-state index < -0.39 is 0 Å². The monoisotopic (exact) mass is 457 g/mol. The number of H-pyrrole nitrogens is 1. The summed E-state index contributed by atoms with van der Waals surface area (Å²) in [6.45, 7) is 4.14. The number of hydrogen-bond donors (Lipinski definition) is 4. The second-order valence-corrected chi connectivity index (χ2v) is 8.47. The van der Waals surface area contributed by atoms with Crippen molar-refractivity contribution >= 4 is 29.6 Å². The van der Waals surface area contributed by atoms with Crippen molar-refractivity contribution in [3.8, 4) is 11.1 Å². The third kappa shape index (κ3) is 4.29. The van der Waals surface area contributed by atoms with Gasteiger partial charge in [0.2, 0.25) is 5.91 Å². The summed E-state index contributed by atoms with van der Waals surface area (Å²) in [7, 11) is 0. The van der Waals surface area contributed by atoms with Gasteiger partial charge in [-0.05, 0) is 42.3 Å². The molecule has 1 unspecified atom stereocenters. The molecule has 2 aromatic heterocycles. The number of amides is 1. The van der Waals surface area contributed by atoms with Crippen molar-refractivity contribution in [3.05, 3.63) is 66.0 Å². The third-order valence-corrected chi connectivity index (χ3v) is 6.26. The lowest BCUT2D eigenvalue weighted by Crippen LogP contribution is -2.44. The molecular weight excluding hydrogens is 430 g/mol. The van der Waals surface area contributed by atoms with Gasteiger partial charge in [0.15, 0.2) is 0 Å². The fourth-order valence-electron chi connectivity index (χ4n) is 4.42. The molecule has 2 aliphatic heterocycles. The van der Waals surface area contributed by atoms with E-state index >= 15 is 0 Å². The van der Waals surface area contributed by atoms with Crippen molar-refractivity contribution in [3.63, 3.8) is 0 Å². The maximum Gasteiger partial charge on any atom is 0.231 e. The molecular formula is C25H27N7O2. The van der Waals surface area contributed by atoms with Crippen LogP contribution in [-0.4, -0.2) is 53.1 Å². The van der Waals surface area contributed by atoms with E-state index in [1.807, 2.05) is 42.5 Å². The molecule has 1 saturated heterocycles. The molecule has 1 amide bonds. The van der Waals surface area contributed by atoms with Gasteiger partial charge < -0.3 is 25.7 Å². The number of carbonyl (C=O) groups is 1. The number of nitrogens with one attached hydrogen (secondary N) is 4. The summed E-state index contributed by atoms with van der Waals surface area (Å²) in [4.78, 5) is 19.4. The molecule has 3 aromatic rings. The number of allylic oxidation sites excluding steroid dienone is 1. The minimum atomic E-state index is -0.193. The number of ether oxygens (including phenoxy) is 1. The lowest BCUT2D eigenvalue weighted by molar-refractivity contribution is -0.121. The Morgan fingerprint density at radius 3 is 2.82 bits per heavy atom. The van der Waals surface area contributed by atoms with E-state index in [9.17, 15) is 4.79 Å². The Morgan fingerprint density at radius 1 is 1.26 bits per heavy atom. The molecule has 1 fully saturated rings. The van der Waals surface area contributed by atoms with Gasteiger partial charge in [0.05, 0.1) is 31.4 Å². The Morgan fingerprint density at radius 2 is 2.12 bits per heavy atom. The number of morpholine rings is 1. The number of pyridine rings is 1. The fraction of sp³-hybridized carbons (Fsp3) is 0.280. The lowest BCUT2D eigenvalue weighted by Gasteiger charge is -2.35. The molecule has 2 aliphatic rings. The van der Waals surface area contributed by atoms with E-state index in [0.717, 1.165) is 29.1 Å². The number of rotatable bonds is 6. The molecule has 0 bridgehead atoms. The zero-order valence-electron chi connectivity index (χ0n) is 18.9. The highest BCUT2D eigenvalue weighted by Gasteiger charge is 2.24. The third-order valence-electron chi connectivity index (χ3n) is 6.26. The van der Waals surface area contributed by atoms with Crippen molar-refractivity contribution in [1.82, 2.24) is 20.5 Å². The Balaban J connectivity index is 1.57. The first-order chi connectivity index (χ1) is 16.6. The number of hydrogen-bond acceptors (Lipinski definition) is 7. The highest BCUT2D eigenvalue weighted by atomic mass is 16.5. The molecule has 9 nitrogen and oxygen atoms in total. The zero-order valence-corrected chi connectivity index (χ0v) is 18.9. The highest BCUT2D eigenvalue weighted by Crippen LogP contribution is 2.34. The van der Waals surface area contributed by atoms with Crippen LogP contribution in [-0.2, 0) is 9.53 Å². The summed E-state index contributed by atoms with van der Waals surface area (Å²) in [6, 6.07) is 12.0. The number of nitrogens with zero attached hydrogens (tertiary/aromatic N) is 3. The van der Waals surface area contributed by atoms with Crippen LogP contribution in [0.1, 0.15) is 30.4 Å². The van der Waals surface area contributed by atoms with Crippen LogP contribution in [0.15, 0.2) is 54.9 Å². The molecule has 0 aliphatic carbocycles. The quantitative estimate of drug-likeness (QED) is 0.420. The SMILES string of the molecule is C[C@@H]1COCCN1c1cc(-c2ccc(C3CC=CNC3=O)cc2)c(C=N)c(Nc2ccn[nH]2)n1. The predicted molar refractivity (Wildman–Crippen MR) is 132 cm³/mol. The van der Waals surface area contributed by atoms with Gasteiger partial charge in [0.25, 0.3) is 0 Å². The van der Waals surface area contributed by atoms with Crippen LogP contribution in [0.25, 0.3) is 11.1 Å². The first-order valence-corrected chi connectivity index (χ1v) is 11.4. The number of carbonyl (C=O) groups excluding carboxylic acids is 1. The molecule has 0 saturated carbocycles. The van der Waals surface area contributed by atoms with Crippen molar-refractivity contribution < 1.29 is 9.53 Å². The average molecular weight is 458 g/mol. The lowest BCUT2D eigenvalue weighted by atomic mass is 9.91. The van der Waals surface area contributed by atoms with Gasteiger partial charge in [-0.3, -0.25) is 9.89 Å². The smallest absolute Gasteiger partial charge is 0.231 e. The summed E-state index contributed by atoms with van der Waals surface area (Å²) in [5, 5.41) is 21.1. The number of anilines is 3. The summed E-state index contributed by atoms with van der Waals surface area (Å²) >= 11 is 0. The second-order valence-electron chi connectivity index (χ2n) is 8.47. The standard InChI is InChI=1S/C25H27N7O2/c1-16-15-34-12-11-32(16)23-13-20(21(14-26)24(30-23)29-22-8-10-28-31-22)18-6-4-17(5-7-18)19-3-2-9-27-25(19)33/h2,4-10,13-14,16,19,26H,3,11-12,15H2,1H3,(H,27,33)(H2,28,29,30,31)/t16-,19?/m1/s1. The van der Waals surface area contributed by atoms with Crippen LogP contribution in [0, 0.1) is 5.41 Å². The Labute approximate surface area is 197 Å². The van der Waals surface area contributed by atoms with Crippen LogP contribution in [0.4, 0.5) is 17.5 Å². The number of benzene rings is 1. The predicted octanol–water partition coefficient (Wildman–Crippen LogP) is 3.56. The van der Waals surface area contributed by atoms with Crippen molar-refractivity contribution in [2.75, 3.05) is 30.0 Å². The van der Waals surface area contributed by atoms with E-state index in [0.29, 0.717) is 36.8 Å². The van der Waals surface area contributed by atoms with Gasteiger partial charge in [-0.25, -0.2) is 4.98 Å². The maximum atomic E-state index is 12.3. The van der Waals surface area contributed by atoms with E-state index in [4.69, 9.17) is 15.1 Å². The van der Waals surface area contributed by atoms with E-state index in [1.54, 1.807) is 12.4 Å². The van der Waals surface area contributed by atoms with E-state index in [1.165, 1.54) is 6.21 Å². The molecule has 2 atom stereocenters. The first-order valence-electron chi connectivity index (χ1n) is 11.4. The van der Waals surface area contributed by atoms with Gasteiger partial charge in [0.1, 0.15) is 17.5 Å². The maximum absolute atomic E-state index is 12.3. The van der Waals surface area contributed by atoms with Gasteiger partial charge in [-0.15, -0.1) is 0 Å². The summed E-state index contributed by atoms with van der Waals surface area (Å²) in [5.74, 6) is 1.90. The van der Waals surface area contributed by atoms with Gasteiger partial charge in [-0.1, -0.05) is 30.3 Å². The Hall–Kier alpha value is -3.98. The van der Waals surface area contributed by atoms with Gasteiger partial charge in [-0.2, -0.15) is 5.10 Å². The number of aromatic nitrogens is 3. The number of aromatic amines is 1. The van der Waals surface area contributed by atoms with Gasteiger partial charge in [0, 0.05) is 24.4 Å². The minimum absolute atomic E-state index is 0.00831. The Kier molecular flexibility index (Phi) is 6.09. The van der Waals surface area contributed by atoms with Crippen molar-refractivity contribution in [2.45, 2.75) is 25.3 Å². The average Bonchev–Trinajstić information content (AvgIpc) is 3.37. The zero-order chi connectivity index (χ0) is 23.5. The van der Waals surface area contributed by atoms with Crippen LogP contribution >= 0.6 is 0 Å². The molecule has 4 N–H and O–H groups in total. The van der Waals surface area contributed by atoms with Crippen LogP contribution < -0.4 is 15.5 Å². The molecule has 5 rings (SSSR count). The Bertz CT molecular complexity index is 1200. The van der Waals surface area contributed by atoms with Crippen LogP contribution in [0.2, 0.25) is 0 Å². The molecule has 4 heterocycles. The molecule has 9 heteroatoms.